The Balaban J connectivity index is 1.55. The molecule has 2 aliphatic heterocycles. The van der Waals surface area contributed by atoms with Crippen LogP contribution in [0, 0.1) is 5.82 Å². The smallest absolute Gasteiger partial charge is 0.191 e. The first-order valence-electron chi connectivity index (χ1n) is 11.0. The van der Waals surface area contributed by atoms with Crippen molar-refractivity contribution >= 4 is 5.96 Å². The Kier molecular flexibility index (Phi) is 9.32. The van der Waals surface area contributed by atoms with Gasteiger partial charge in [-0.05, 0) is 37.1 Å². The molecule has 2 unspecified atom stereocenters. The Hall–Kier alpha value is -1.74. The molecule has 7 nitrogen and oxygen atoms in total. The van der Waals surface area contributed by atoms with Gasteiger partial charge < -0.3 is 20.1 Å². The van der Waals surface area contributed by atoms with Crippen LogP contribution in [0.25, 0.3) is 0 Å². The van der Waals surface area contributed by atoms with Crippen molar-refractivity contribution in [2.45, 2.75) is 24.9 Å². The molecule has 0 amide bonds. The third-order valence-corrected chi connectivity index (χ3v) is 6.01. The van der Waals surface area contributed by atoms with Gasteiger partial charge in [-0.25, -0.2) is 4.39 Å². The molecule has 1 aromatic rings. The molecule has 1 aromatic carbocycles. The second-order valence-electron chi connectivity index (χ2n) is 7.87. The van der Waals surface area contributed by atoms with E-state index in [-0.39, 0.29) is 11.9 Å². The second kappa shape index (κ2) is 12.2. The van der Waals surface area contributed by atoms with Crippen molar-refractivity contribution in [3.05, 3.63) is 35.6 Å². The molecule has 0 aromatic heterocycles. The molecule has 2 aliphatic rings. The molecule has 0 bridgehead atoms. The van der Waals surface area contributed by atoms with Crippen molar-refractivity contribution in [2.75, 3.05) is 73.2 Å². The van der Waals surface area contributed by atoms with E-state index in [2.05, 4.69) is 25.4 Å². The van der Waals surface area contributed by atoms with E-state index in [4.69, 9.17) is 9.47 Å². The lowest BCUT2D eigenvalue weighted by molar-refractivity contribution is 0.0170. The maximum Gasteiger partial charge on any atom is 0.191 e. The number of hydrogen-bond donors (Lipinski definition) is 2. The fourth-order valence-electron chi connectivity index (χ4n) is 4.29. The van der Waals surface area contributed by atoms with Gasteiger partial charge in [0.25, 0.3) is 0 Å². The van der Waals surface area contributed by atoms with Crippen LogP contribution in [0.3, 0.4) is 0 Å². The van der Waals surface area contributed by atoms with Crippen LogP contribution in [0.5, 0.6) is 0 Å². The number of guanidine groups is 1. The summed E-state index contributed by atoms with van der Waals surface area (Å²) >= 11 is 0. The summed E-state index contributed by atoms with van der Waals surface area (Å²) in [4.78, 5) is 9.28. The first kappa shape index (κ1) is 22.9. The highest BCUT2D eigenvalue weighted by atomic mass is 19.1. The zero-order valence-corrected chi connectivity index (χ0v) is 18.3. The molecule has 2 heterocycles. The normalized spacial score (nSPS) is 22.2. The van der Waals surface area contributed by atoms with Crippen LogP contribution in [0.15, 0.2) is 29.3 Å². The quantitative estimate of drug-likeness (QED) is 0.465. The van der Waals surface area contributed by atoms with Gasteiger partial charge >= 0.3 is 0 Å². The Morgan fingerprint density at radius 2 is 2.00 bits per heavy atom. The first-order valence-corrected chi connectivity index (χ1v) is 11.0. The molecule has 30 heavy (non-hydrogen) atoms. The molecule has 8 heteroatoms. The summed E-state index contributed by atoms with van der Waals surface area (Å²) in [5.74, 6) is 0.591. The van der Waals surface area contributed by atoms with Gasteiger partial charge in [0.05, 0.1) is 25.9 Å². The molecule has 0 aliphatic carbocycles. The van der Waals surface area contributed by atoms with Crippen molar-refractivity contribution in [3.8, 4) is 0 Å². The number of rotatable bonds is 9. The van der Waals surface area contributed by atoms with Crippen molar-refractivity contribution < 1.29 is 13.9 Å². The molecular formula is C22H36FN5O2. The van der Waals surface area contributed by atoms with E-state index in [9.17, 15) is 4.39 Å². The van der Waals surface area contributed by atoms with Crippen molar-refractivity contribution in [3.63, 3.8) is 0 Å². The summed E-state index contributed by atoms with van der Waals surface area (Å²) in [7, 11) is 3.55. The molecule has 3 rings (SSSR count). The number of morpholine rings is 1. The molecule has 2 fully saturated rings. The lowest BCUT2D eigenvalue weighted by Crippen LogP contribution is -2.48. The Labute approximate surface area is 179 Å². The summed E-state index contributed by atoms with van der Waals surface area (Å²) in [6, 6.07) is 7.46. The summed E-state index contributed by atoms with van der Waals surface area (Å²) in [5, 5.41) is 6.97. The van der Waals surface area contributed by atoms with Gasteiger partial charge in [0, 0.05) is 52.9 Å². The molecule has 168 valence electrons. The average Bonchev–Trinajstić information content (AvgIpc) is 3.23. The minimum absolute atomic E-state index is 0.137. The van der Waals surface area contributed by atoms with Gasteiger partial charge in [-0.2, -0.15) is 0 Å². The lowest BCUT2D eigenvalue weighted by atomic mass is 10.0. The van der Waals surface area contributed by atoms with Crippen LogP contribution >= 0.6 is 0 Å². The molecule has 2 saturated heterocycles. The first-order chi connectivity index (χ1) is 14.7. The summed E-state index contributed by atoms with van der Waals surface area (Å²) in [5.41, 5.74) is 1.10. The summed E-state index contributed by atoms with van der Waals surface area (Å²) < 4.78 is 24.2. The average molecular weight is 422 g/mol. The number of benzene rings is 1. The topological polar surface area (TPSA) is 61.4 Å². The highest BCUT2D eigenvalue weighted by Gasteiger charge is 2.25. The highest BCUT2D eigenvalue weighted by Crippen LogP contribution is 2.22. The van der Waals surface area contributed by atoms with Gasteiger partial charge in [0.1, 0.15) is 5.82 Å². The van der Waals surface area contributed by atoms with Crippen LogP contribution in [0.4, 0.5) is 4.39 Å². The number of halogens is 1. The second-order valence-corrected chi connectivity index (χ2v) is 7.87. The SMILES string of the molecule is CN=C(NCC1CCCN1CCOC)NCC(c1ccc(F)cc1)N1CCOCC1. The molecule has 2 atom stereocenters. The van der Waals surface area contributed by atoms with Crippen LogP contribution in [0.1, 0.15) is 24.4 Å². The van der Waals surface area contributed by atoms with E-state index >= 15 is 0 Å². The maximum atomic E-state index is 13.4. The fourth-order valence-corrected chi connectivity index (χ4v) is 4.29. The summed E-state index contributed by atoms with van der Waals surface area (Å²) in [6.45, 7) is 7.61. The van der Waals surface area contributed by atoms with Crippen LogP contribution in [-0.2, 0) is 9.47 Å². The number of nitrogens with zero attached hydrogens (tertiary/aromatic N) is 3. The summed E-state index contributed by atoms with van der Waals surface area (Å²) in [6.07, 6.45) is 2.42. The maximum absolute atomic E-state index is 13.4. The van der Waals surface area contributed by atoms with Crippen LogP contribution < -0.4 is 10.6 Å². The molecule has 0 radical (unpaired) electrons. The van der Waals surface area contributed by atoms with Crippen LogP contribution in [-0.4, -0.2) is 95.0 Å². The van der Waals surface area contributed by atoms with Crippen molar-refractivity contribution in [1.29, 1.82) is 0 Å². The van der Waals surface area contributed by atoms with Crippen molar-refractivity contribution in [2.24, 2.45) is 4.99 Å². The zero-order chi connectivity index (χ0) is 21.2. The zero-order valence-electron chi connectivity index (χ0n) is 18.3. The Morgan fingerprint density at radius 3 is 2.70 bits per heavy atom. The van der Waals surface area contributed by atoms with Gasteiger partial charge in [-0.15, -0.1) is 0 Å². The van der Waals surface area contributed by atoms with E-state index in [0.29, 0.717) is 12.6 Å². The Morgan fingerprint density at radius 1 is 1.23 bits per heavy atom. The molecular weight excluding hydrogens is 385 g/mol. The van der Waals surface area contributed by atoms with E-state index in [1.54, 1.807) is 14.2 Å². The minimum atomic E-state index is -0.209. The monoisotopic (exact) mass is 421 g/mol. The minimum Gasteiger partial charge on any atom is -0.383 e. The third kappa shape index (κ3) is 6.63. The molecule has 0 spiro atoms. The van der Waals surface area contributed by atoms with Gasteiger partial charge in [-0.3, -0.25) is 14.8 Å². The van der Waals surface area contributed by atoms with E-state index in [1.807, 2.05) is 12.1 Å². The molecule has 0 saturated carbocycles. The highest BCUT2D eigenvalue weighted by molar-refractivity contribution is 5.79. The Bertz CT molecular complexity index is 651. The number of likely N-dealkylation sites (tertiary alicyclic amines) is 1. The van der Waals surface area contributed by atoms with Gasteiger partial charge in [0.15, 0.2) is 5.96 Å². The standard InChI is InChI=1S/C22H36FN5O2/c1-24-22(25-16-20-4-3-9-27(20)10-13-29-2)26-17-21(28-11-14-30-15-12-28)18-5-7-19(23)8-6-18/h5-8,20-21H,3-4,9-17H2,1-2H3,(H2,24,25,26). The van der Waals surface area contributed by atoms with Gasteiger partial charge in [0.2, 0.25) is 0 Å². The number of nitrogens with one attached hydrogen (secondary N) is 2. The van der Waals surface area contributed by atoms with Crippen LogP contribution in [0.2, 0.25) is 0 Å². The molecule has 2 N–H and O–H groups in total. The van der Waals surface area contributed by atoms with Gasteiger partial charge in [-0.1, -0.05) is 12.1 Å². The lowest BCUT2D eigenvalue weighted by Gasteiger charge is -2.35. The number of hydrogen-bond acceptors (Lipinski definition) is 5. The van der Waals surface area contributed by atoms with E-state index in [1.165, 1.54) is 25.0 Å². The van der Waals surface area contributed by atoms with E-state index in [0.717, 1.165) is 64.1 Å². The fraction of sp³-hybridized carbons (Fsp3) is 0.682. The largest absolute Gasteiger partial charge is 0.383 e. The number of methoxy groups -OCH3 is 1. The van der Waals surface area contributed by atoms with Crippen molar-refractivity contribution in [1.82, 2.24) is 20.4 Å². The predicted molar refractivity (Wildman–Crippen MR) is 117 cm³/mol. The number of ether oxygens (including phenoxy) is 2. The van der Waals surface area contributed by atoms with E-state index < -0.39 is 0 Å². The third-order valence-electron chi connectivity index (χ3n) is 6.01. The predicted octanol–water partition coefficient (Wildman–Crippen LogP) is 1.47. The number of aliphatic imine (C=N–C) groups is 1.